The summed E-state index contributed by atoms with van der Waals surface area (Å²) in [5.41, 5.74) is 0.689. The number of anilines is 1. The van der Waals surface area contributed by atoms with Crippen molar-refractivity contribution in [3.63, 3.8) is 0 Å². The van der Waals surface area contributed by atoms with Crippen molar-refractivity contribution in [2.75, 3.05) is 11.4 Å². The van der Waals surface area contributed by atoms with Gasteiger partial charge in [-0.2, -0.15) is 0 Å². The molecule has 13 heavy (non-hydrogen) atoms. The SMILES string of the molecule is [CH2-]CN([C-]=O)c1cncc(Br)c1.[U+2]. The van der Waals surface area contributed by atoms with Gasteiger partial charge in [0.05, 0.1) is 6.41 Å². The van der Waals surface area contributed by atoms with Crippen molar-refractivity contribution in [3.8, 4) is 0 Å². The standard InChI is InChI=1S/C8H7BrN2O.U/c1-2-11(6-12)8-3-7(9)4-10-5-8;/h3-5H,1-2H2;/q-2;+2. The molecule has 0 N–H and O–H groups in total. The molecular formula is C8H7BrN2OU. The second-order valence-electron chi connectivity index (χ2n) is 2.10. The van der Waals surface area contributed by atoms with Gasteiger partial charge in [0.15, 0.2) is 0 Å². The monoisotopic (exact) mass is 464 g/mol. The van der Waals surface area contributed by atoms with Gasteiger partial charge in [0.25, 0.3) is 0 Å². The molecule has 0 aliphatic heterocycles. The van der Waals surface area contributed by atoms with Gasteiger partial charge in [-0.15, -0.1) is 12.6 Å². The molecule has 0 radical (unpaired) electrons. The summed E-state index contributed by atoms with van der Waals surface area (Å²) in [6.45, 7) is 3.93. The van der Waals surface area contributed by atoms with E-state index in [4.69, 9.17) is 0 Å². The predicted molar refractivity (Wildman–Crippen MR) is 50.3 cm³/mol. The molecule has 0 fully saturated rings. The van der Waals surface area contributed by atoms with Crippen molar-refractivity contribution in [3.05, 3.63) is 29.9 Å². The Morgan fingerprint density at radius 3 is 2.77 bits per heavy atom. The molecule has 5 heteroatoms. The summed E-state index contributed by atoms with van der Waals surface area (Å²) in [5.74, 6) is 0. The van der Waals surface area contributed by atoms with E-state index in [1.54, 1.807) is 24.9 Å². The van der Waals surface area contributed by atoms with Gasteiger partial charge in [0.2, 0.25) is 0 Å². The van der Waals surface area contributed by atoms with Crippen LogP contribution in [0, 0.1) is 38.0 Å². The third-order valence-corrected chi connectivity index (χ3v) is 1.77. The Kier molecular flexibility index (Phi) is 6.66. The number of nitrogens with zero attached hydrogens (tertiary/aromatic N) is 2. The van der Waals surface area contributed by atoms with Gasteiger partial charge in [-0.25, -0.2) is 0 Å². The van der Waals surface area contributed by atoms with Gasteiger partial charge < -0.3 is 16.6 Å². The van der Waals surface area contributed by atoms with Crippen molar-refractivity contribution in [1.29, 1.82) is 0 Å². The van der Waals surface area contributed by atoms with E-state index in [0.29, 0.717) is 12.2 Å². The Bertz CT molecular complexity index is 283. The maximum absolute atomic E-state index is 10.4. The molecule has 1 amide bonds. The Balaban J connectivity index is 0.00000144. The molecule has 0 aromatic carbocycles. The first-order valence-corrected chi connectivity index (χ1v) is 4.12. The summed E-state index contributed by atoms with van der Waals surface area (Å²) < 4.78 is 0.828. The molecule has 66 valence electrons. The number of rotatable bonds is 3. The van der Waals surface area contributed by atoms with Crippen molar-refractivity contribution < 1.29 is 35.9 Å². The van der Waals surface area contributed by atoms with Gasteiger partial charge in [0, 0.05) is 10.7 Å². The first-order valence-electron chi connectivity index (χ1n) is 3.33. The maximum Gasteiger partial charge on any atom is 2.00 e. The van der Waals surface area contributed by atoms with Crippen LogP contribution in [0.25, 0.3) is 0 Å². The molecule has 1 rings (SSSR count). The molecule has 0 aliphatic rings. The second kappa shape index (κ2) is 6.58. The van der Waals surface area contributed by atoms with E-state index < -0.39 is 0 Å². The normalized spacial score (nSPS) is 8.77. The fourth-order valence-electron chi connectivity index (χ4n) is 0.776. The van der Waals surface area contributed by atoms with E-state index in [2.05, 4.69) is 27.8 Å². The number of pyridine rings is 1. The fraction of sp³-hybridized carbons (Fsp3) is 0.125. The molecule has 0 spiro atoms. The zero-order valence-corrected chi connectivity index (χ0v) is 12.6. The minimum atomic E-state index is 0. The molecular weight excluding hydrogens is 458 g/mol. The van der Waals surface area contributed by atoms with Gasteiger partial charge in [-0.05, 0) is 6.20 Å². The summed E-state index contributed by atoms with van der Waals surface area (Å²) in [4.78, 5) is 15.6. The van der Waals surface area contributed by atoms with Crippen LogP contribution in [0.5, 0.6) is 0 Å². The summed E-state index contributed by atoms with van der Waals surface area (Å²) in [7, 11) is 0. The molecule has 0 aliphatic carbocycles. The van der Waals surface area contributed by atoms with Crippen LogP contribution >= 0.6 is 15.9 Å². The van der Waals surface area contributed by atoms with Crippen molar-refractivity contribution in [1.82, 2.24) is 4.98 Å². The van der Waals surface area contributed by atoms with Crippen molar-refractivity contribution in [2.24, 2.45) is 0 Å². The summed E-state index contributed by atoms with van der Waals surface area (Å²) in [6, 6.07) is 1.78. The van der Waals surface area contributed by atoms with Crippen LogP contribution in [-0.4, -0.2) is 17.9 Å². The van der Waals surface area contributed by atoms with Crippen LogP contribution < -0.4 is 4.90 Å². The van der Waals surface area contributed by atoms with Crippen LogP contribution in [-0.2, 0) is 4.79 Å². The van der Waals surface area contributed by atoms with E-state index in [1.165, 1.54) is 4.90 Å². The number of halogens is 1. The third-order valence-electron chi connectivity index (χ3n) is 1.34. The summed E-state index contributed by atoms with van der Waals surface area (Å²) in [6.07, 6.45) is 4.99. The summed E-state index contributed by atoms with van der Waals surface area (Å²) in [5, 5.41) is 0. The van der Waals surface area contributed by atoms with Gasteiger partial charge >= 0.3 is 31.1 Å². The average molecular weight is 465 g/mol. The number of aromatic nitrogens is 1. The molecule has 1 aromatic rings. The molecule has 0 saturated carbocycles. The van der Waals surface area contributed by atoms with Crippen molar-refractivity contribution >= 4 is 28.0 Å². The summed E-state index contributed by atoms with van der Waals surface area (Å²) >= 11 is 3.25. The molecule has 0 bridgehead atoms. The molecule has 1 heterocycles. The zero-order chi connectivity index (χ0) is 8.97. The zero-order valence-electron chi connectivity index (χ0n) is 6.83. The minimum Gasteiger partial charge on any atom is -0.502 e. The van der Waals surface area contributed by atoms with Crippen LogP contribution in [0.2, 0.25) is 0 Å². The minimum absolute atomic E-state index is 0. The Labute approximate surface area is 109 Å². The number of hydrogen-bond donors (Lipinski definition) is 0. The van der Waals surface area contributed by atoms with Crippen LogP contribution in [0.3, 0.4) is 0 Å². The average Bonchev–Trinajstić information content (AvgIpc) is 2.07. The molecule has 3 nitrogen and oxygen atoms in total. The van der Waals surface area contributed by atoms with Crippen LogP contribution in [0.15, 0.2) is 22.9 Å². The van der Waals surface area contributed by atoms with E-state index in [-0.39, 0.29) is 31.1 Å². The third kappa shape index (κ3) is 3.80. The largest absolute Gasteiger partial charge is 2.00 e. The van der Waals surface area contributed by atoms with E-state index in [1.807, 2.05) is 0 Å². The molecule has 0 atom stereocenters. The smallest absolute Gasteiger partial charge is 0.502 e. The van der Waals surface area contributed by atoms with Crippen molar-refractivity contribution in [2.45, 2.75) is 0 Å². The fourth-order valence-corrected chi connectivity index (χ4v) is 1.13. The quantitative estimate of drug-likeness (QED) is 0.502. The van der Waals surface area contributed by atoms with Gasteiger partial charge in [-0.3, -0.25) is 4.98 Å². The number of carbonyl (C=O) groups excluding carboxylic acids is 1. The molecule has 0 saturated heterocycles. The van der Waals surface area contributed by atoms with E-state index in [0.717, 1.165) is 4.47 Å². The predicted octanol–water partition coefficient (Wildman–Crippen LogP) is 1.55. The van der Waals surface area contributed by atoms with E-state index in [9.17, 15) is 4.79 Å². The first kappa shape index (κ1) is 13.2. The van der Waals surface area contributed by atoms with Crippen LogP contribution in [0.4, 0.5) is 5.69 Å². The van der Waals surface area contributed by atoms with Crippen LogP contribution in [0.1, 0.15) is 0 Å². The Morgan fingerprint density at radius 1 is 1.62 bits per heavy atom. The molecule has 0 unspecified atom stereocenters. The molecule has 1 aromatic heterocycles. The maximum atomic E-state index is 10.4. The van der Waals surface area contributed by atoms with Gasteiger partial charge in [0.1, 0.15) is 0 Å². The number of amides is 1. The number of hydrogen-bond acceptors (Lipinski definition) is 2. The Hall–Kier alpha value is 0.152. The topological polar surface area (TPSA) is 33.2 Å². The van der Waals surface area contributed by atoms with Gasteiger partial charge in [-0.1, -0.05) is 21.6 Å². The first-order chi connectivity index (χ1) is 5.77. The van der Waals surface area contributed by atoms with E-state index >= 15 is 0 Å². The second-order valence-corrected chi connectivity index (χ2v) is 3.02. The Morgan fingerprint density at radius 2 is 2.31 bits per heavy atom.